The first-order valence-electron chi connectivity index (χ1n) is 8.24. The quantitative estimate of drug-likeness (QED) is 0.596. The zero-order chi connectivity index (χ0) is 18.2. The zero-order valence-corrected chi connectivity index (χ0v) is 14.9. The third-order valence-corrected chi connectivity index (χ3v) is 4.53. The van der Waals surface area contributed by atoms with Crippen molar-refractivity contribution in [3.63, 3.8) is 0 Å². The summed E-state index contributed by atoms with van der Waals surface area (Å²) in [6.07, 6.45) is 3.65. The molecule has 2 aromatic rings. The fraction of sp³-hybridized carbons (Fsp3) is 0.263. The molecule has 0 spiro atoms. The van der Waals surface area contributed by atoms with Crippen molar-refractivity contribution in [2.45, 2.75) is 6.42 Å². The van der Waals surface area contributed by atoms with Gasteiger partial charge in [0.1, 0.15) is 13.2 Å². The summed E-state index contributed by atoms with van der Waals surface area (Å²) in [5.41, 5.74) is 0.784. The van der Waals surface area contributed by atoms with Gasteiger partial charge in [0.25, 0.3) is 5.91 Å². The van der Waals surface area contributed by atoms with E-state index in [1.807, 2.05) is 23.6 Å². The van der Waals surface area contributed by atoms with E-state index in [0.717, 1.165) is 12.0 Å². The van der Waals surface area contributed by atoms with Crippen molar-refractivity contribution in [2.24, 2.45) is 0 Å². The van der Waals surface area contributed by atoms with Crippen LogP contribution in [0.4, 0.5) is 0 Å². The number of hydrogen-bond donors (Lipinski definition) is 1. The molecule has 0 fully saturated rings. The Hall–Kier alpha value is -2.80. The first-order valence-corrected chi connectivity index (χ1v) is 9.12. The van der Waals surface area contributed by atoms with Crippen molar-refractivity contribution < 1.29 is 23.8 Å². The Labute approximate surface area is 155 Å². The fourth-order valence-corrected chi connectivity index (χ4v) is 3.05. The van der Waals surface area contributed by atoms with Crippen LogP contribution in [0.25, 0.3) is 6.08 Å². The van der Waals surface area contributed by atoms with Gasteiger partial charge in [-0.2, -0.15) is 0 Å². The molecule has 0 unspecified atom stereocenters. The first kappa shape index (κ1) is 18.0. The molecule has 0 bridgehead atoms. The summed E-state index contributed by atoms with van der Waals surface area (Å²) in [4.78, 5) is 24.6. The van der Waals surface area contributed by atoms with Gasteiger partial charge in [-0.15, -0.1) is 11.3 Å². The second-order valence-electron chi connectivity index (χ2n) is 5.52. The van der Waals surface area contributed by atoms with Gasteiger partial charge in [0.15, 0.2) is 18.1 Å². The second-order valence-corrected chi connectivity index (χ2v) is 6.56. The van der Waals surface area contributed by atoms with Crippen LogP contribution in [0.15, 0.2) is 41.8 Å². The Balaban J connectivity index is 1.39. The minimum atomic E-state index is -0.576. The summed E-state index contributed by atoms with van der Waals surface area (Å²) in [5, 5.41) is 4.71. The van der Waals surface area contributed by atoms with Crippen LogP contribution < -0.4 is 14.8 Å². The lowest BCUT2D eigenvalue weighted by molar-refractivity contribution is -0.143. The highest BCUT2D eigenvalue weighted by molar-refractivity contribution is 7.09. The lowest BCUT2D eigenvalue weighted by atomic mass is 10.2. The van der Waals surface area contributed by atoms with Crippen LogP contribution in [-0.4, -0.2) is 38.2 Å². The van der Waals surface area contributed by atoms with E-state index >= 15 is 0 Å². The number of thiophene rings is 1. The number of fused-ring (bicyclic) bond motifs is 1. The molecule has 1 aromatic carbocycles. The van der Waals surface area contributed by atoms with E-state index in [1.165, 1.54) is 11.0 Å². The largest absolute Gasteiger partial charge is 0.486 e. The predicted molar refractivity (Wildman–Crippen MR) is 98.5 cm³/mol. The van der Waals surface area contributed by atoms with Crippen LogP contribution in [0.1, 0.15) is 10.4 Å². The monoisotopic (exact) mass is 373 g/mol. The summed E-state index contributed by atoms with van der Waals surface area (Å²) < 4.78 is 15.9. The number of esters is 1. The maximum Gasteiger partial charge on any atom is 0.331 e. The van der Waals surface area contributed by atoms with Crippen LogP contribution in [0.3, 0.4) is 0 Å². The number of ether oxygens (including phenoxy) is 3. The van der Waals surface area contributed by atoms with Crippen LogP contribution >= 0.6 is 11.3 Å². The number of rotatable bonds is 7. The van der Waals surface area contributed by atoms with Crippen molar-refractivity contribution in [3.05, 3.63) is 52.2 Å². The maximum atomic E-state index is 11.7. The third-order valence-electron chi connectivity index (χ3n) is 3.60. The van der Waals surface area contributed by atoms with Gasteiger partial charge < -0.3 is 19.5 Å². The molecule has 0 saturated heterocycles. The molecule has 0 saturated carbocycles. The average molecular weight is 373 g/mol. The highest BCUT2D eigenvalue weighted by Crippen LogP contribution is 2.31. The Morgan fingerprint density at radius 2 is 2.04 bits per heavy atom. The van der Waals surface area contributed by atoms with Gasteiger partial charge in [-0.05, 0) is 41.6 Å². The lowest BCUT2D eigenvalue weighted by Gasteiger charge is -2.18. The second kappa shape index (κ2) is 9.05. The molecule has 0 radical (unpaired) electrons. The highest BCUT2D eigenvalue weighted by atomic mass is 32.1. The number of benzene rings is 1. The molecule has 3 rings (SSSR count). The molecule has 1 N–H and O–H groups in total. The van der Waals surface area contributed by atoms with Crippen molar-refractivity contribution in [3.8, 4) is 11.5 Å². The summed E-state index contributed by atoms with van der Waals surface area (Å²) in [6.45, 7) is 1.26. The molecule has 0 aliphatic carbocycles. The van der Waals surface area contributed by atoms with Gasteiger partial charge in [-0.3, -0.25) is 4.79 Å². The molecule has 1 aromatic heterocycles. The van der Waals surface area contributed by atoms with Crippen molar-refractivity contribution >= 4 is 29.3 Å². The highest BCUT2D eigenvalue weighted by Gasteiger charge is 2.11. The first-order chi connectivity index (χ1) is 12.7. The summed E-state index contributed by atoms with van der Waals surface area (Å²) in [5.74, 6) is 0.447. The van der Waals surface area contributed by atoms with E-state index in [1.54, 1.807) is 29.5 Å². The maximum absolute atomic E-state index is 11.7. The number of hydrogen-bond acceptors (Lipinski definition) is 6. The number of carbonyl (C=O) groups excluding carboxylic acids is 2. The van der Waals surface area contributed by atoms with Crippen molar-refractivity contribution in [1.29, 1.82) is 0 Å². The Morgan fingerprint density at radius 1 is 1.19 bits per heavy atom. The van der Waals surface area contributed by atoms with Gasteiger partial charge in [-0.1, -0.05) is 12.1 Å². The van der Waals surface area contributed by atoms with Crippen LogP contribution in [0.5, 0.6) is 11.5 Å². The van der Waals surface area contributed by atoms with Gasteiger partial charge in [-0.25, -0.2) is 4.79 Å². The lowest BCUT2D eigenvalue weighted by Crippen LogP contribution is -2.30. The van der Waals surface area contributed by atoms with Gasteiger partial charge in [0.2, 0.25) is 0 Å². The molecule has 7 heteroatoms. The molecule has 2 heterocycles. The smallest absolute Gasteiger partial charge is 0.331 e. The van der Waals surface area contributed by atoms with Crippen LogP contribution in [0.2, 0.25) is 0 Å². The number of amides is 1. The summed E-state index contributed by atoms with van der Waals surface area (Å²) in [6, 6.07) is 9.38. The molecule has 1 aliphatic rings. The fourth-order valence-electron chi connectivity index (χ4n) is 2.34. The van der Waals surface area contributed by atoms with E-state index in [0.29, 0.717) is 31.3 Å². The van der Waals surface area contributed by atoms with Crippen molar-refractivity contribution in [2.75, 3.05) is 26.4 Å². The molecular formula is C19H19NO5S. The van der Waals surface area contributed by atoms with Gasteiger partial charge in [0.05, 0.1) is 0 Å². The summed E-state index contributed by atoms with van der Waals surface area (Å²) in [7, 11) is 0. The molecule has 136 valence electrons. The van der Waals surface area contributed by atoms with E-state index in [2.05, 4.69) is 5.32 Å². The van der Waals surface area contributed by atoms with Crippen LogP contribution in [0, 0.1) is 0 Å². The minimum Gasteiger partial charge on any atom is -0.486 e. The Morgan fingerprint density at radius 3 is 2.85 bits per heavy atom. The van der Waals surface area contributed by atoms with Gasteiger partial charge in [0, 0.05) is 17.5 Å². The standard InChI is InChI=1S/C19H19NO5S/c21-18(20-8-7-15-2-1-11-26-15)13-25-19(22)6-4-14-3-5-16-17(12-14)24-10-9-23-16/h1-6,11-12H,7-10,13H2,(H,20,21)/b6-4+. The summed E-state index contributed by atoms with van der Waals surface area (Å²) >= 11 is 1.64. The SMILES string of the molecule is O=C(COC(=O)/C=C/c1ccc2c(c1)OCCO2)NCCc1cccs1. The van der Waals surface area contributed by atoms with Gasteiger partial charge >= 0.3 is 5.97 Å². The molecule has 26 heavy (non-hydrogen) atoms. The molecule has 6 nitrogen and oxygen atoms in total. The Bertz CT molecular complexity index is 785. The molecule has 0 atom stereocenters. The van der Waals surface area contributed by atoms with E-state index in [9.17, 15) is 9.59 Å². The Kier molecular flexibility index (Phi) is 6.27. The van der Waals surface area contributed by atoms with E-state index in [4.69, 9.17) is 14.2 Å². The normalized spacial score (nSPS) is 12.8. The third kappa shape index (κ3) is 5.35. The number of nitrogens with one attached hydrogen (secondary N) is 1. The molecule has 1 aliphatic heterocycles. The minimum absolute atomic E-state index is 0.297. The zero-order valence-electron chi connectivity index (χ0n) is 14.1. The van der Waals surface area contributed by atoms with E-state index < -0.39 is 5.97 Å². The average Bonchev–Trinajstić information content (AvgIpc) is 3.18. The van der Waals surface area contributed by atoms with Crippen LogP contribution in [-0.2, 0) is 20.7 Å². The number of carbonyl (C=O) groups is 2. The van der Waals surface area contributed by atoms with E-state index in [-0.39, 0.29) is 12.5 Å². The van der Waals surface area contributed by atoms with Crippen molar-refractivity contribution in [1.82, 2.24) is 5.32 Å². The topological polar surface area (TPSA) is 73.9 Å². The predicted octanol–water partition coefficient (Wildman–Crippen LogP) is 2.43. The molecular weight excluding hydrogens is 354 g/mol. The molecule has 1 amide bonds.